The molecule has 0 fully saturated rings. The fourth-order valence-electron chi connectivity index (χ4n) is 2.68. The molecule has 0 saturated heterocycles. The molecule has 162 valence electrons. The Kier molecular flexibility index (Phi) is 11.6. The number of aryl methyl sites for hydroxylation is 2. The van der Waals surface area contributed by atoms with E-state index in [9.17, 15) is 0 Å². The standard InChI is InChI=1S/C20H32N6O2.HI/c1-15-7-8-17(13-18(15)28-5)9-11-22-20(21-10-6-12-27-4)23-14-19-25-24-16(2)26(19)3;/h7-8,13H,6,9-12,14H2,1-5H3,(H2,21,22,23);1H. The molecule has 0 aliphatic rings. The van der Waals surface area contributed by atoms with E-state index in [1.54, 1.807) is 14.2 Å². The first-order chi connectivity index (χ1) is 13.5. The Morgan fingerprint density at radius 3 is 2.55 bits per heavy atom. The second-order valence-electron chi connectivity index (χ2n) is 6.64. The van der Waals surface area contributed by atoms with E-state index in [0.29, 0.717) is 13.2 Å². The highest BCUT2D eigenvalue weighted by molar-refractivity contribution is 14.0. The van der Waals surface area contributed by atoms with E-state index >= 15 is 0 Å². The molecule has 0 aliphatic carbocycles. The summed E-state index contributed by atoms with van der Waals surface area (Å²) in [4.78, 5) is 4.65. The molecule has 0 saturated carbocycles. The molecule has 0 radical (unpaired) electrons. The minimum absolute atomic E-state index is 0. The van der Waals surface area contributed by atoms with Crippen LogP contribution in [0.1, 0.15) is 29.2 Å². The van der Waals surface area contributed by atoms with Gasteiger partial charge >= 0.3 is 0 Å². The summed E-state index contributed by atoms with van der Waals surface area (Å²) in [6.45, 7) is 6.71. The summed E-state index contributed by atoms with van der Waals surface area (Å²) in [5, 5.41) is 15.0. The topological polar surface area (TPSA) is 85.6 Å². The molecule has 0 unspecified atom stereocenters. The van der Waals surface area contributed by atoms with Crippen molar-refractivity contribution >= 4 is 29.9 Å². The van der Waals surface area contributed by atoms with Crippen LogP contribution in [0.15, 0.2) is 23.2 Å². The number of methoxy groups -OCH3 is 2. The maximum Gasteiger partial charge on any atom is 0.191 e. The molecule has 1 aromatic carbocycles. The van der Waals surface area contributed by atoms with Crippen LogP contribution in [0.5, 0.6) is 5.75 Å². The Balaban J connectivity index is 0.00000420. The maximum absolute atomic E-state index is 5.41. The lowest BCUT2D eigenvalue weighted by molar-refractivity contribution is 0.195. The summed E-state index contributed by atoms with van der Waals surface area (Å²) in [6.07, 6.45) is 1.79. The lowest BCUT2D eigenvalue weighted by atomic mass is 10.1. The number of halogens is 1. The molecule has 0 amide bonds. The largest absolute Gasteiger partial charge is 0.496 e. The fraction of sp³-hybridized carbons (Fsp3) is 0.550. The minimum Gasteiger partial charge on any atom is -0.496 e. The zero-order chi connectivity index (χ0) is 20.4. The summed E-state index contributed by atoms with van der Waals surface area (Å²) in [5.74, 6) is 3.39. The molecule has 9 heteroatoms. The van der Waals surface area contributed by atoms with Crippen molar-refractivity contribution in [3.63, 3.8) is 0 Å². The number of nitrogens with zero attached hydrogens (tertiary/aromatic N) is 4. The summed E-state index contributed by atoms with van der Waals surface area (Å²) in [5.41, 5.74) is 2.36. The van der Waals surface area contributed by atoms with Gasteiger partial charge in [-0.1, -0.05) is 12.1 Å². The third-order valence-corrected chi connectivity index (χ3v) is 4.56. The first-order valence-electron chi connectivity index (χ1n) is 9.54. The average Bonchev–Trinajstić information content (AvgIpc) is 3.02. The molecular weight excluding hydrogens is 483 g/mol. The van der Waals surface area contributed by atoms with E-state index in [-0.39, 0.29) is 24.0 Å². The predicted molar refractivity (Wildman–Crippen MR) is 126 cm³/mol. The van der Waals surface area contributed by atoms with Crippen molar-refractivity contribution in [1.29, 1.82) is 0 Å². The number of hydrogen-bond acceptors (Lipinski definition) is 5. The molecular formula is C20H33IN6O2. The van der Waals surface area contributed by atoms with Crippen LogP contribution in [-0.4, -0.2) is 54.6 Å². The van der Waals surface area contributed by atoms with Crippen molar-refractivity contribution in [2.45, 2.75) is 33.2 Å². The fourth-order valence-corrected chi connectivity index (χ4v) is 2.68. The Hall–Kier alpha value is -1.88. The molecule has 8 nitrogen and oxygen atoms in total. The van der Waals surface area contributed by atoms with Gasteiger partial charge in [0.25, 0.3) is 0 Å². The zero-order valence-electron chi connectivity index (χ0n) is 18.0. The van der Waals surface area contributed by atoms with Gasteiger partial charge in [-0.2, -0.15) is 0 Å². The van der Waals surface area contributed by atoms with E-state index < -0.39 is 0 Å². The van der Waals surface area contributed by atoms with Crippen LogP contribution in [-0.2, 0) is 24.8 Å². The van der Waals surface area contributed by atoms with E-state index in [2.05, 4.69) is 44.0 Å². The van der Waals surface area contributed by atoms with Gasteiger partial charge in [0.2, 0.25) is 0 Å². The molecule has 0 bridgehead atoms. The monoisotopic (exact) mass is 516 g/mol. The molecule has 29 heavy (non-hydrogen) atoms. The second kappa shape index (κ2) is 13.4. The number of nitrogens with one attached hydrogen (secondary N) is 2. The third kappa shape index (κ3) is 8.17. The van der Waals surface area contributed by atoms with Gasteiger partial charge in [0, 0.05) is 33.9 Å². The first-order valence-corrected chi connectivity index (χ1v) is 9.54. The SMILES string of the molecule is COCCCNC(=NCc1nnc(C)n1C)NCCc1ccc(C)c(OC)c1.I. The summed E-state index contributed by atoms with van der Waals surface area (Å²) < 4.78 is 12.5. The van der Waals surface area contributed by atoms with Gasteiger partial charge in [-0.15, -0.1) is 34.2 Å². The van der Waals surface area contributed by atoms with Crippen molar-refractivity contribution < 1.29 is 9.47 Å². The van der Waals surface area contributed by atoms with Gasteiger partial charge in [0.15, 0.2) is 11.8 Å². The van der Waals surface area contributed by atoms with Gasteiger partial charge in [0.1, 0.15) is 18.1 Å². The molecule has 2 rings (SSSR count). The van der Waals surface area contributed by atoms with E-state index in [4.69, 9.17) is 9.47 Å². The first kappa shape index (κ1) is 25.2. The predicted octanol–water partition coefficient (Wildman–Crippen LogP) is 2.37. The molecule has 2 aromatic rings. The number of benzene rings is 1. The highest BCUT2D eigenvalue weighted by Gasteiger charge is 2.06. The van der Waals surface area contributed by atoms with Crippen LogP contribution in [0.3, 0.4) is 0 Å². The lowest BCUT2D eigenvalue weighted by Crippen LogP contribution is -2.39. The van der Waals surface area contributed by atoms with Gasteiger partial charge in [0.05, 0.1) is 7.11 Å². The Morgan fingerprint density at radius 1 is 1.14 bits per heavy atom. The van der Waals surface area contributed by atoms with Crippen molar-refractivity contribution in [3.05, 3.63) is 41.0 Å². The molecule has 1 aromatic heterocycles. The normalized spacial score (nSPS) is 11.1. The molecule has 0 atom stereocenters. The summed E-state index contributed by atoms with van der Waals surface area (Å²) in [6, 6.07) is 6.30. The number of aliphatic imine (C=N–C) groups is 1. The zero-order valence-corrected chi connectivity index (χ0v) is 20.3. The lowest BCUT2D eigenvalue weighted by Gasteiger charge is -2.13. The second-order valence-corrected chi connectivity index (χ2v) is 6.64. The van der Waals surface area contributed by atoms with Gasteiger partial charge in [-0.3, -0.25) is 0 Å². The van der Waals surface area contributed by atoms with Crippen LogP contribution in [0.2, 0.25) is 0 Å². The number of guanidine groups is 1. The molecule has 2 N–H and O–H groups in total. The minimum atomic E-state index is 0. The summed E-state index contributed by atoms with van der Waals surface area (Å²) >= 11 is 0. The number of hydrogen-bond donors (Lipinski definition) is 2. The van der Waals surface area contributed by atoms with Crippen LogP contribution in [0, 0.1) is 13.8 Å². The van der Waals surface area contributed by atoms with Gasteiger partial charge < -0.3 is 24.7 Å². The van der Waals surface area contributed by atoms with Crippen LogP contribution >= 0.6 is 24.0 Å². The highest BCUT2D eigenvalue weighted by atomic mass is 127. The number of aromatic nitrogens is 3. The highest BCUT2D eigenvalue weighted by Crippen LogP contribution is 2.18. The molecule has 0 spiro atoms. The number of ether oxygens (including phenoxy) is 2. The molecule has 0 aliphatic heterocycles. The quantitative estimate of drug-likeness (QED) is 0.218. The van der Waals surface area contributed by atoms with E-state index in [1.807, 2.05) is 25.5 Å². The Labute approximate surface area is 190 Å². The Morgan fingerprint density at radius 2 is 1.90 bits per heavy atom. The Bertz CT molecular complexity index is 778. The van der Waals surface area contributed by atoms with E-state index in [1.165, 1.54) is 5.56 Å². The summed E-state index contributed by atoms with van der Waals surface area (Å²) in [7, 11) is 5.36. The van der Waals surface area contributed by atoms with Crippen molar-refractivity contribution in [2.75, 3.05) is 33.9 Å². The molecule has 1 heterocycles. The van der Waals surface area contributed by atoms with Crippen molar-refractivity contribution in [2.24, 2.45) is 12.0 Å². The van der Waals surface area contributed by atoms with E-state index in [0.717, 1.165) is 54.9 Å². The van der Waals surface area contributed by atoms with Gasteiger partial charge in [-0.05, 0) is 43.9 Å². The smallest absolute Gasteiger partial charge is 0.191 e. The van der Waals surface area contributed by atoms with Crippen molar-refractivity contribution in [1.82, 2.24) is 25.4 Å². The maximum atomic E-state index is 5.41. The van der Waals surface area contributed by atoms with Crippen molar-refractivity contribution in [3.8, 4) is 5.75 Å². The van der Waals surface area contributed by atoms with Gasteiger partial charge in [-0.25, -0.2) is 4.99 Å². The third-order valence-electron chi connectivity index (χ3n) is 4.56. The van der Waals surface area contributed by atoms with Crippen LogP contribution in [0.4, 0.5) is 0 Å². The van der Waals surface area contributed by atoms with Crippen LogP contribution < -0.4 is 15.4 Å². The van der Waals surface area contributed by atoms with Crippen LogP contribution in [0.25, 0.3) is 0 Å². The number of rotatable bonds is 10. The average molecular weight is 516 g/mol.